The molecule has 0 aromatic rings. The van der Waals surface area contributed by atoms with Gasteiger partial charge in [0.15, 0.2) is 0 Å². The summed E-state index contributed by atoms with van der Waals surface area (Å²) in [6.07, 6.45) is 2.61. The molecule has 0 bridgehead atoms. The van der Waals surface area contributed by atoms with Crippen LogP contribution in [-0.2, 0) is 4.74 Å². The standard InChI is InChI=1S/C13H25N3O/c1-4-17-13-5-7-16(8-6-13)10-12(9-14)15-11(2)3/h11-13,15H,4-8,10H2,1-3H3. The number of nitriles is 1. The van der Waals surface area contributed by atoms with Gasteiger partial charge in [0.05, 0.1) is 12.2 Å². The Morgan fingerprint density at radius 1 is 1.41 bits per heavy atom. The highest BCUT2D eigenvalue weighted by Gasteiger charge is 2.21. The fourth-order valence-electron chi connectivity index (χ4n) is 2.29. The molecule has 1 aliphatic heterocycles. The Kier molecular flexibility index (Phi) is 6.49. The second-order valence-electron chi connectivity index (χ2n) is 4.96. The predicted molar refractivity (Wildman–Crippen MR) is 68.8 cm³/mol. The quantitative estimate of drug-likeness (QED) is 0.760. The maximum atomic E-state index is 9.08. The average molecular weight is 239 g/mol. The highest BCUT2D eigenvalue weighted by atomic mass is 16.5. The van der Waals surface area contributed by atoms with E-state index in [2.05, 4.69) is 30.1 Å². The Morgan fingerprint density at radius 3 is 2.53 bits per heavy atom. The third-order valence-electron chi connectivity index (χ3n) is 3.07. The van der Waals surface area contributed by atoms with Gasteiger partial charge >= 0.3 is 0 Å². The Morgan fingerprint density at radius 2 is 2.06 bits per heavy atom. The molecular formula is C13H25N3O. The van der Waals surface area contributed by atoms with Crippen LogP contribution in [0.3, 0.4) is 0 Å². The van der Waals surface area contributed by atoms with Gasteiger partial charge in [0.1, 0.15) is 6.04 Å². The van der Waals surface area contributed by atoms with Crippen molar-refractivity contribution in [2.24, 2.45) is 0 Å². The van der Waals surface area contributed by atoms with Crippen LogP contribution in [-0.4, -0.2) is 49.3 Å². The number of nitrogens with zero attached hydrogens (tertiary/aromatic N) is 2. The van der Waals surface area contributed by atoms with Crippen molar-refractivity contribution >= 4 is 0 Å². The summed E-state index contributed by atoms with van der Waals surface area (Å²) >= 11 is 0. The van der Waals surface area contributed by atoms with Crippen LogP contribution in [0.25, 0.3) is 0 Å². The van der Waals surface area contributed by atoms with Gasteiger partial charge in [-0.3, -0.25) is 5.32 Å². The molecule has 0 aromatic heterocycles. The van der Waals surface area contributed by atoms with Crippen molar-refractivity contribution in [1.82, 2.24) is 10.2 Å². The minimum atomic E-state index is -0.0568. The molecule has 1 rings (SSSR count). The minimum absolute atomic E-state index is 0.0568. The summed E-state index contributed by atoms with van der Waals surface area (Å²) in [5, 5.41) is 12.4. The smallest absolute Gasteiger partial charge is 0.108 e. The van der Waals surface area contributed by atoms with Crippen LogP contribution in [0.1, 0.15) is 33.6 Å². The molecule has 4 heteroatoms. The molecule has 0 radical (unpaired) electrons. The topological polar surface area (TPSA) is 48.3 Å². The van der Waals surface area contributed by atoms with Crippen molar-refractivity contribution in [3.05, 3.63) is 0 Å². The van der Waals surface area contributed by atoms with E-state index in [0.717, 1.165) is 39.1 Å². The van der Waals surface area contributed by atoms with Crippen molar-refractivity contribution in [2.45, 2.75) is 51.8 Å². The molecule has 1 atom stereocenters. The van der Waals surface area contributed by atoms with E-state index in [0.29, 0.717) is 12.1 Å². The lowest BCUT2D eigenvalue weighted by Crippen LogP contribution is -2.46. The van der Waals surface area contributed by atoms with Gasteiger partial charge in [-0.25, -0.2) is 0 Å². The van der Waals surface area contributed by atoms with Crippen molar-refractivity contribution in [2.75, 3.05) is 26.2 Å². The normalized spacial score (nSPS) is 20.4. The first-order valence-electron chi connectivity index (χ1n) is 6.65. The molecule has 98 valence electrons. The molecule has 0 spiro atoms. The molecule has 1 unspecified atom stereocenters. The summed E-state index contributed by atoms with van der Waals surface area (Å²) in [5.41, 5.74) is 0. The zero-order valence-electron chi connectivity index (χ0n) is 11.3. The van der Waals surface area contributed by atoms with E-state index >= 15 is 0 Å². The van der Waals surface area contributed by atoms with Gasteiger partial charge in [-0.05, 0) is 33.6 Å². The van der Waals surface area contributed by atoms with E-state index in [4.69, 9.17) is 10.00 Å². The zero-order valence-corrected chi connectivity index (χ0v) is 11.3. The first-order valence-corrected chi connectivity index (χ1v) is 6.65. The van der Waals surface area contributed by atoms with Crippen LogP contribution in [0.15, 0.2) is 0 Å². The fraction of sp³-hybridized carbons (Fsp3) is 0.923. The maximum Gasteiger partial charge on any atom is 0.108 e. The number of rotatable bonds is 6. The van der Waals surface area contributed by atoms with Crippen LogP contribution >= 0.6 is 0 Å². The first-order chi connectivity index (χ1) is 8.15. The number of hydrogen-bond acceptors (Lipinski definition) is 4. The average Bonchev–Trinajstić information content (AvgIpc) is 2.30. The number of ether oxygens (including phenoxy) is 1. The molecule has 0 saturated carbocycles. The van der Waals surface area contributed by atoms with Crippen molar-refractivity contribution in [3.8, 4) is 6.07 Å². The molecule has 0 aromatic carbocycles. The summed E-state index contributed by atoms with van der Waals surface area (Å²) in [5.74, 6) is 0. The van der Waals surface area contributed by atoms with Crippen LogP contribution < -0.4 is 5.32 Å². The van der Waals surface area contributed by atoms with Crippen molar-refractivity contribution in [3.63, 3.8) is 0 Å². The van der Waals surface area contributed by atoms with Gasteiger partial charge in [0.25, 0.3) is 0 Å². The summed E-state index contributed by atoms with van der Waals surface area (Å²) in [6, 6.07) is 2.64. The molecular weight excluding hydrogens is 214 g/mol. The lowest BCUT2D eigenvalue weighted by molar-refractivity contribution is 0.0133. The Hall–Kier alpha value is -0.630. The largest absolute Gasteiger partial charge is 0.378 e. The fourth-order valence-corrected chi connectivity index (χ4v) is 2.29. The van der Waals surface area contributed by atoms with Crippen LogP contribution in [0.4, 0.5) is 0 Å². The van der Waals surface area contributed by atoms with E-state index in [1.54, 1.807) is 0 Å². The predicted octanol–water partition coefficient (Wildman–Crippen LogP) is 1.38. The van der Waals surface area contributed by atoms with Crippen molar-refractivity contribution < 1.29 is 4.74 Å². The van der Waals surface area contributed by atoms with E-state index in [9.17, 15) is 0 Å². The number of hydrogen-bond donors (Lipinski definition) is 1. The second-order valence-corrected chi connectivity index (χ2v) is 4.96. The number of nitrogens with one attached hydrogen (secondary N) is 1. The Bertz CT molecular complexity index is 242. The van der Waals surface area contributed by atoms with Crippen LogP contribution in [0.2, 0.25) is 0 Å². The number of likely N-dealkylation sites (tertiary alicyclic amines) is 1. The van der Waals surface area contributed by atoms with E-state index < -0.39 is 0 Å². The molecule has 1 heterocycles. The molecule has 0 aliphatic carbocycles. The molecule has 17 heavy (non-hydrogen) atoms. The Labute approximate surface area is 105 Å². The van der Waals surface area contributed by atoms with E-state index in [1.807, 2.05) is 6.92 Å². The summed E-state index contributed by atoms with van der Waals surface area (Å²) in [6.45, 7) is 9.92. The second kappa shape index (κ2) is 7.65. The van der Waals surface area contributed by atoms with Gasteiger partial charge in [-0.15, -0.1) is 0 Å². The van der Waals surface area contributed by atoms with Gasteiger partial charge < -0.3 is 9.64 Å². The zero-order chi connectivity index (χ0) is 12.7. The minimum Gasteiger partial charge on any atom is -0.378 e. The highest BCUT2D eigenvalue weighted by Crippen LogP contribution is 2.13. The maximum absolute atomic E-state index is 9.08. The monoisotopic (exact) mass is 239 g/mol. The van der Waals surface area contributed by atoms with Crippen molar-refractivity contribution in [1.29, 1.82) is 5.26 Å². The molecule has 1 fully saturated rings. The lowest BCUT2D eigenvalue weighted by atomic mass is 10.1. The highest BCUT2D eigenvalue weighted by molar-refractivity contribution is 4.93. The SMILES string of the molecule is CCOC1CCN(CC(C#N)NC(C)C)CC1. The van der Waals surface area contributed by atoms with Crippen LogP contribution in [0, 0.1) is 11.3 Å². The van der Waals surface area contributed by atoms with Gasteiger partial charge in [-0.2, -0.15) is 5.26 Å². The van der Waals surface area contributed by atoms with Gasteiger partial charge in [0, 0.05) is 32.3 Å². The molecule has 1 aliphatic rings. The molecule has 0 amide bonds. The van der Waals surface area contributed by atoms with E-state index in [-0.39, 0.29) is 6.04 Å². The lowest BCUT2D eigenvalue weighted by Gasteiger charge is -2.33. The molecule has 4 nitrogen and oxygen atoms in total. The molecule has 1 saturated heterocycles. The summed E-state index contributed by atoms with van der Waals surface area (Å²) in [7, 11) is 0. The third kappa shape index (κ3) is 5.49. The van der Waals surface area contributed by atoms with Crippen LogP contribution in [0.5, 0.6) is 0 Å². The Balaban J connectivity index is 2.27. The summed E-state index contributed by atoms with van der Waals surface area (Å²) in [4.78, 5) is 2.36. The third-order valence-corrected chi connectivity index (χ3v) is 3.07. The van der Waals surface area contributed by atoms with Gasteiger partial charge in [-0.1, -0.05) is 0 Å². The summed E-state index contributed by atoms with van der Waals surface area (Å²) < 4.78 is 5.62. The first kappa shape index (κ1) is 14.4. The van der Waals surface area contributed by atoms with E-state index in [1.165, 1.54) is 0 Å². The van der Waals surface area contributed by atoms with Gasteiger partial charge in [0.2, 0.25) is 0 Å². The molecule has 1 N–H and O–H groups in total. The number of piperidine rings is 1.